The molecule has 0 fully saturated rings. The molecular formula is C13H12BrFN4O. The Labute approximate surface area is 123 Å². The molecule has 2 heterocycles. The van der Waals surface area contributed by atoms with Gasteiger partial charge >= 0.3 is 0 Å². The van der Waals surface area contributed by atoms with Crippen molar-refractivity contribution < 1.29 is 9.18 Å². The molecule has 0 radical (unpaired) electrons. The molecule has 1 unspecified atom stereocenters. The Morgan fingerprint density at radius 3 is 3.15 bits per heavy atom. The summed E-state index contributed by atoms with van der Waals surface area (Å²) < 4.78 is 14.2. The van der Waals surface area contributed by atoms with E-state index in [4.69, 9.17) is 0 Å². The zero-order valence-corrected chi connectivity index (χ0v) is 12.0. The Morgan fingerprint density at radius 2 is 2.35 bits per heavy atom. The number of benzene rings is 1. The number of anilines is 1. The van der Waals surface area contributed by atoms with Crippen LogP contribution in [0.2, 0.25) is 0 Å². The second kappa shape index (κ2) is 5.34. The van der Waals surface area contributed by atoms with Crippen LogP contribution in [-0.4, -0.2) is 21.9 Å². The molecule has 1 aliphatic heterocycles. The van der Waals surface area contributed by atoms with Gasteiger partial charge < -0.3 is 10.3 Å². The summed E-state index contributed by atoms with van der Waals surface area (Å²) in [5, 5.41) is 5.71. The highest BCUT2D eigenvalue weighted by Gasteiger charge is 2.26. The van der Waals surface area contributed by atoms with Crippen LogP contribution in [0.3, 0.4) is 0 Å². The molecule has 104 valence electrons. The Hall–Kier alpha value is -1.73. The lowest BCUT2D eigenvalue weighted by atomic mass is 10.0. The van der Waals surface area contributed by atoms with Gasteiger partial charge in [0.15, 0.2) is 0 Å². The highest BCUT2D eigenvalue weighted by molar-refractivity contribution is 9.10. The lowest BCUT2D eigenvalue weighted by Crippen LogP contribution is -2.45. The van der Waals surface area contributed by atoms with Crippen molar-refractivity contribution >= 4 is 27.5 Å². The third kappa shape index (κ3) is 2.46. The van der Waals surface area contributed by atoms with E-state index in [1.165, 1.54) is 6.07 Å². The summed E-state index contributed by atoms with van der Waals surface area (Å²) in [4.78, 5) is 19.4. The second-order valence-corrected chi connectivity index (χ2v) is 5.41. The maximum atomic E-state index is 13.7. The minimum atomic E-state index is -0.469. The summed E-state index contributed by atoms with van der Waals surface area (Å²) in [6, 6.07) is 4.14. The van der Waals surface area contributed by atoms with E-state index in [0.717, 1.165) is 11.4 Å². The van der Waals surface area contributed by atoms with Gasteiger partial charge in [-0.3, -0.25) is 10.1 Å². The van der Waals surface area contributed by atoms with E-state index < -0.39 is 11.9 Å². The normalized spacial score (nSPS) is 17.6. The monoisotopic (exact) mass is 338 g/mol. The van der Waals surface area contributed by atoms with Crippen LogP contribution in [0.25, 0.3) is 0 Å². The van der Waals surface area contributed by atoms with Gasteiger partial charge in [-0.2, -0.15) is 0 Å². The average Bonchev–Trinajstić information content (AvgIpc) is 2.90. The van der Waals surface area contributed by atoms with Gasteiger partial charge in [0, 0.05) is 17.4 Å². The lowest BCUT2D eigenvalue weighted by molar-refractivity contribution is -0.118. The van der Waals surface area contributed by atoms with Crippen LogP contribution in [0.5, 0.6) is 0 Å². The largest absolute Gasteiger partial charge is 0.347 e. The summed E-state index contributed by atoms with van der Waals surface area (Å²) in [5.41, 5.74) is 2.02. The molecule has 1 aromatic heterocycles. The molecule has 1 amide bonds. The molecule has 1 aliphatic rings. The van der Waals surface area contributed by atoms with Gasteiger partial charge in [0.05, 0.1) is 29.4 Å². The van der Waals surface area contributed by atoms with Crippen LogP contribution in [0.1, 0.15) is 11.4 Å². The number of H-pyrrole nitrogens is 1. The number of halogens is 2. The van der Waals surface area contributed by atoms with Crippen molar-refractivity contribution in [2.45, 2.75) is 19.0 Å². The van der Waals surface area contributed by atoms with Crippen molar-refractivity contribution in [3.63, 3.8) is 0 Å². The van der Waals surface area contributed by atoms with Gasteiger partial charge in [-0.05, 0) is 28.1 Å². The molecular weight excluding hydrogens is 327 g/mol. The average molecular weight is 339 g/mol. The van der Waals surface area contributed by atoms with Crippen LogP contribution in [-0.2, 0) is 17.8 Å². The second-order valence-electron chi connectivity index (χ2n) is 4.55. The van der Waals surface area contributed by atoms with Crippen LogP contribution in [0.15, 0.2) is 29.0 Å². The number of amides is 1. The molecule has 0 spiro atoms. The van der Waals surface area contributed by atoms with Crippen LogP contribution < -0.4 is 10.6 Å². The molecule has 1 atom stereocenters. The third-order valence-electron chi connectivity index (χ3n) is 3.26. The molecule has 0 bridgehead atoms. The van der Waals surface area contributed by atoms with E-state index >= 15 is 0 Å². The number of para-hydroxylation sites is 1. The zero-order valence-electron chi connectivity index (χ0n) is 10.4. The number of aromatic amines is 1. The fraction of sp³-hybridized carbons (Fsp3) is 0.231. The summed E-state index contributed by atoms with van der Waals surface area (Å²) >= 11 is 3.23. The first-order valence-electron chi connectivity index (χ1n) is 6.14. The first-order chi connectivity index (χ1) is 9.65. The number of imidazole rings is 1. The molecule has 20 heavy (non-hydrogen) atoms. The molecule has 2 aromatic rings. The molecule has 7 heteroatoms. The number of carbonyl (C=O) groups excluding carboxylic acids is 1. The highest BCUT2D eigenvalue weighted by atomic mass is 79.9. The van der Waals surface area contributed by atoms with Crippen molar-refractivity contribution in [1.82, 2.24) is 15.3 Å². The predicted octanol–water partition coefficient (Wildman–Crippen LogP) is 1.96. The molecule has 3 rings (SSSR count). The first kappa shape index (κ1) is 13.3. The molecule has 0 saturated carbocycles. The molecule has 3 N–H and O–H groups in total. The number of hydrogen-bond acceptors (Lipinski definition) is 3. The lowest BCUT2D eigenvalue weighted by Gasteiger charge is -2.22. The smallest absolute Gasteiger partial charge is 0.242 e. The Morgan fingerprint density at radius 1 is 1.50 bits per heavy atom. The topological polar surface area (TPSA) is 69.8 Å². The molecule has 0 saturated heterocycles. The summed E-state index contributed by atoms with van der Waals surface area (Å²) in [6.45, 7) is 0.547. The van der Waals surface area contributed by atoms with Gasteiger partial charge in [-0.15, -0.1) is 0 Å². The SMILES string of the molecule is O=C(Nc1c(F)cccc1Br)C1Cc2nc[nH]c2CN1. The van der Waals surface area contributed by atoms with E-state index in [9.17, 15) is 9.18 Å². The van der Waals surface area contributed by atoms with Crippen molar-refractivity contribution in [1.29, 1.82) is 0 Å². The Kier molecular flexibility index (Phi) is 3.54. The summed E-state index contributed by atoms with van der Waals surface area (Å²) in [7, 11) is 0. The van der Waals surface area contributed by atoms with Gasteiger partial charge in [-0.25, -0.2) is 9.37 Å². The zero-order chi connectivity index (χ0) is 14.1. The number of rotatable bonds is 2. The van der Waals surface area contributed by atoms with Crippen molar-refractivity contribution in [3.05, 3.63) is 46.2 Å². The highest BCUT2D eigenvalue weighted by Crippen LogP contribution is 2.25. The maximum Gasteiger partial charge on any atom is 0.242 e. The van der Waals surface area contributed by atoms with E-state index in [1.54, 1.807) is 18.5 Å². The van der Waals surface area contributed by atoms with Crippen LogP contribution >= 0.6 is 15.9 Å². The number of nitrogens with one attached hydrogen (secondary N) is 3. The number of aromatic nitrogens is 2. The van der Waals surface area contributed by atoms with Crippen molar-refractivity contribution in [3.8, 4) is 0 Å². The summed E-state index contributed by atoms with van der Waals surface area (Å²) in [5.74, 6) is -0.742. The number of nitrogens with zero attached hydrogens (tertiary/aromatic N) is 1. The fourth-order valence-corrected chi connectivity index (χ4v) is 2.62. The number of fused-ring (bicyclic) bond motifs is 1. The molecule has 5 nitrogen and oxygen atoms in total. The standard InChI is InChI=1S/C13H12BrFN4O/c14-7-2-1-3-8(15)12(7)19-13(20)10-4-9-11(5-16-10)18-6-17-9/h1-3,6,10,16H,4-5H2,(H,17,18)(H,19,20). The number of hydrogen-bond donors (Lipinski definition) is 3. The van der Waals surface area contributed by atoms with Crippen LogP contribution in [0.4, 0.5) is 10.1 Å². The van der Waals surface area contributed by atoms with Gasteiger partial charge in [0.25, 0.3) is 0 Å². The molecule has 0 aliphatic carbocycles. The van der Waals surface area contributed by atoms with Gasteiger partial charge in [0.2, 0.25) is 5.91 Å². The maximum absolute atomic E-state index is 13.7. The fourth-order valence-electron chi connectivity index (χ4n) is 2.18. The Balaban J connectivity index is 1.75. The van der Waals surface area contributed by atoms with Crippen molar-refractivity contribution in [2.75, 3.05) is 5.32 Å². The predicted molar refractivity (Wildman–Crippen MR) is 75.6 cm³/mol. The summed E-state index contributed by atoms with van der Waals surface area (Å²) in [6.07, 6.45) is 2.09. The first-order valence-corrected chi connectivity index (χ1v) is 6.94. The van der Waals surface area contributed by atoms with Gasteiger partial charge in [0.1, 0.15) is 5.82 Å². The minimum Gasteiger partial charge on any atom is -0.347 e. The van der Waals surface area contributed by atoms with E-state index in [0.29, 0.717) is 17.4 Å². The van der Waals surface area contributed by atoms with Gasteiger partial charge in [-0.1, -0.05) is 6.07 Å². The number of carbonyl (C=O) groups is 1. The van der Waals surface area contributed by atoms with Crippen LogP contribution in [0, 0.1) is 5.82 Å². The van der Waals surface area contributed by atoms with E-state index in [-0.39, 0.29) is 11.6 Å². The quantitative estimate of drug-likeness (QED) is 0.784. The van der Waals surface area contributed by atoms with E-state index in [2.05, 4.69) is 36.5 Å². The molecule has 1 aromatic carbocycles. The van der Waals surface area contributed by atoms with E-state index in [1.807, 2.05) is 0 Å². The van der Waals surface area contributed by atoms with Crippen molar-refractivity contribution in [2.24, 2.45) is 0 Å². The third-order valence-corrected chi connectivity index (χ3v) is 3.92. The minimum absolute atomic E-state index is 0.159. The Bertz CT molecular complexity index is 637.